The Morgan fingerprint density at radius 3 is 1.63 bits per heavy atom. The van der Waals surface area contributed by atoms with Crippen LogP contribution in [0.25, 0.3) is 111 Å². The Kier molecular flexibility index (Phi) is 9.11. The second kappa shape index (κ2) is 16.3. The highest BCUT2D eigenvalue weighted by Crippen LogP contribution is 2.65. The Hall–Kier alpha value is -9.96. The van der Waals surface area contributed by atoms with Crippen molar-refractivity contribution in [2.45, 2.75) is 24.7 Å². The summed E-state index contributed by atoms with van der Waals surface area (Å²) in [5.74, 6) is 0. The van der Waals surface area contributed by atoms with Crippen LogP contribution in [0, 0.1) is 0 Å². The summed E-state index contributed by atoms with van der Waals surface area (Å²) >= 11 is 0. The van der Waals surface area contributed by atoms with E-state index in [1.54, 1.807) is 0 Å². The van der Waals surface area contributed by atoms with Crippen LogP contribution in [-0.2, 0) is 10.8 Å². The van der Waals surface area contributed by atoms with E-state index in [9.17, 15) is 0 Å². The number of fused-ring (bicyclic) bond motifs is 19. The average molecular weight is 1010 g/mol. The summed E-state index contributed by atoms with van der Waals surface area (Å²) in [7, 11) is 0. The molecule has 0 amide bonds. The van der Waals surface area contributed by atoms with Crippen molar-refractivity contribution >= 4 is 60.9 Å². The monoisotopic (exact) mass is 1010 g/mol. The molecule has 14 aromatic rings. The zero-order chi connectivity index (χ0) is 52.1. The summed E-state index contributed by atoms with van der Waals surface area (Å²) in [6, 6.07) is 95.9. The van der Waals surface area contributed by atoms with Crippen molar-refractivity contribution in [3.8, 4) is 66.8 Å². The molecule has 370 valence electrons. The van der Waals surface area contributed by atoms with Crippen molar-refractivity contribution in [2.24, 2.45) is 0 Å². The summed E-state index contributed by atoms with van der Waals surface area (Å²) in [6.07, 6.45) is 0. The molecule has 0 radical (unpaired) electrons. The molecule has 1 unspecified atom stereocenters. The molecule has 1 atom stereocenters. The Morgan fingerprint density at radius 1 is 0.291 bits per heavy atom. The van der Waals surface area contributed by atoms with Crippen molar-refractivity contribution in [1.29, 1.82) is 0 Å². The third kappa shape index (κ3) is 6.02. The first-order valence-electron chi connectivity index (χ1n) is 27.5. The maximum absolute atomic E-state index is 7.16. The Morgan fingerprint density at radius 2 is 0.823 bits per heavy atom. The highest BCUT2D eigenvalue weighted by Gasteiger charge is 2.52. The minimum atomic E-state index is -0.565. The number of hydrogen-bond donors (Lipinski definition) is 0. The number of furan rings is 2. The van der Waals surface area contributed by atoms with Crippen molar-refractivity contribution in [2.75, 3.05) is 4.90 Å². The summed E-state index contributed by atoms with van der Waals surface area (Å²) in [6.45, 7) is 4.71. The van der Waals surface area contributed by atoms with Crippen LogP contribution in [-0.4, -0.2) is 0 Å². The number of anilines is 3. The Labute approximate surface area is 457 Å². The number of rotatable bonds is 6. The molecule has 3 heteroatoms. The van der Waals surface area contributed by atoms with Crippen LogP contribution >= 0.6 is 0 Å². The van der Waals surface area contributed by atoms with E-state index >= 15 is 0 Å². The molecule has 0 saturated carbocycles. The van der Waals surface area contributed by atoms with E-state index in [2.05, 4.69) is 280 Å². The van der Waals surface area contributed by atoms with Crippen LogP contribution in [0.3, 0.4) is 0 Å². The van der Waals surface area contributed by atoms with Gasteiger partial charge in [-0.25, -0.2) is 0 Å². The molecular weight excluding hydrogens is 959 g/mol. The van der Waals surface area contributed by atoms with E-state index in [4.69, 9.17) is 8.83 Å². The SMILES string of the molecule is CC1(C)c2ccccc2-c2ccc(N(c3ccc(-c4cccc5c4oc4cc6c(cc45)C4(c5ccccc5-6)c5ccccc5-c5c(-c6cccc7c6oc6ccccc67)cccc54)cc3)c3ccccc3-c3ccccc3)cc21. The van der Waals surface area contributed by atoms with Crippen LogP contribution in [0.5, 0.6) is 0 Å². The quantitative estimate of drug-likeness (QED) is 0.166. The van der Waals surface area contributed by atoms with Gasteiger partial charge in [-0.2, -0.15) is 0 Å². The number of nitrogens with zero attached hydrogens (tertiary/aromatic N) is 1. The lowest BCUT2D eigenvalue weighted by atomic mass is 9.70. The van der Waals surface area contributed by atoms with Crippen molar-refractivity contribution in [3.05, 3.63) is 294 Å². The molecule has 0 fully saturated rings. The van der Waals surface area contributed by atoms with Gasteiger partial charge in [0.25, 0.3) is 0 Å². The predicted molar refractivity (Wildman–Crippen MR) is 326 cm³/mol. The molecule has 3 aliphatic rings. The van der Waals surface area contributed by atoms with E-state index in [1.807, 2.05) is 0 Å². The van der Waals surface area contributed by atoms with Crippen molar-refractivity contribution < 1.29 is 8.83 Å². The van der Waals surface area contributed by atoms with Crippen LogP contribution in [0.15, 0.2) is 270 Å². The van der Waals surface area contributed by atoms with E-state index < -0.39 is 5.41 Å². The number of hydrogen-bond acceptors (Lipinski definition) is 3. The molecule has 3 aliphatic carbocycles. The fourth-order valence-electron chi connectivity index (χ4n) is 14.5. The third-order valence-corrected chi connectivity index (χ3v) is 17.9. The van der Waals surface area contributed by atoms with Crippen LogP contribution in [0.2, 0.25) is 0 Å². The fourth-order valence-corrected chi connectivity index (χ4v) is 14.5. The van der Waals surface area contributed by atoms with Gasteiger partial charge in [-0.15, -0.1) is 0 Å². The van der Waals surface area contributed by atoms with Crippen molar-refractivity contribution in [3.63, 3.8) is 0 Å². The van der Waals surface area contributed by atoms with Gasteiger partial charge in [0.15, 0.2) is 0 Å². The highest BCUT2D eigenvalue weighted by atomic mass is 16.3. The second-order valence-corrected chi connectivity index (χ2v) is 22.2. The fraction of sp³-hybridized carbons (Fsp3) is 0.0526. The molecule has 17 rings (SSSR count). The first kappa shape index (κ1) is 44.2. The molecule has 79 heavy (non-hydrogen) atoms. The van der Waals surface area contributed by atoms with Gasteiger partial charge in [-0.3, -0.25) is 0 Å². The highest BCUT2D eigenvalue weighted by molar-refractivity contribution is 6.14. The van der Waals surface area contributed by atoms with Gasteiger partial charge in [0.2, 0.25) is 0 Å². The molecule has 0 N–H and O–H groups in total. The molecule has 12 aromatic carbocycles. The molecule has 0 bridgehead atoms. The van der Waals surface area contributed by atoms with Gasteiger partial charge in [0.05, 0.1) is 11.1 Å². The van der Waals surface area contributed by atoms with Crippen molar-refractivity contribution in [1.82, 2.24) is 0 Å². The summed E-state index contributed by atoms with van der Waals surface area (Å²) < 4.78 is 13.9. The second-order valence-electron chi connectivity index (χ2n) is 22.2. The van der Waals surface area contributed by atoms with E-state index in [0.717, 1.165) is 77.6 Å². The smallest absolute Gasteiger partial charge is 0.143 e. The first-order valence-corrected chi connectivity index (χ1v) is 27.5. The lowest BCUT2D eigenvalue weighted by Crippen LogP contribution is -2.25. The molecule has 0 saturated heterocycles. The van der Waals surface area contributed by atoms with Crippen LogP contribution < -0.4 is 4.90 Å². The largest absolute Gasteiger partial charge is 0.455 e. The normalized spacial score (nSPS) is 15.1. The van der Waals surface area contributed by atoms with Gasteiger partial charge >= 0.3 is 0 Å². The summed E-state index contributed by atoms with van der Waals surface area (Å²) in [5.41, 5.74) is 28.4. The zero-order valence-electron chi connectivity index (χ0n) is 43.6. The Bertz CT molecular complexity index is 4880. The van der Waals surface area contributed by atoms with Crippen LogP contribution in [0.4, 0.5) is 17.1 Å². The average Bonchev–Trinajstić information content (AvgIpc) is 3.77. The molecule has 2 aromatic heterocycles. The van der Waals surface area contributed by atoms with E-state index in [-0.39, 0.29) is 5.41 Å². The van der Waals surface area contributed by atoms with Gasteiger partial charge in [-0.1, -0.05) is 226 Å². The standard InChI is InChI=1S/C76H49NO2/c1-75(2)63-31-11-6-22-52(63)54-42-41-49(43-67(54)75)77(69-35-14-9-21-50(69)46-19-4-3-5-20-46)48-39-37-47(38-40-48)51-26-16-30-59-62-44-68-61(45-71(62)79-73(51)59)53-23-7-12-32-64(53)76(68)65-33-13-8-25-60(65)72-56(27-18-34-66(72)76)58-29-17-28-57-55-24-10-15-36-70(55)78-74(57)58/h3-45H,1-2H3. The van der Waals surface area contributed by atoms with Gasteiger partial charge in [-0.05, 0) is 132 Å². The number of para-hydroxylation sites is 4. The van der Waals surface area contributed by atoms with Gasteiger partial charge in [0.1, 0.15) is 22.3 Å². The maximum atomic E-state index is 7.16. The summed E-state index contributed by atoms with van der Waals surface area (Å²) in [4.78, 5) is 2.43. The molecular formula is C76H49NO2. The van der Waals surface area contributed by atoms with Gasteiger partial charge < -0.3 is 13.7 Å². The van der Waals surface area contributed by atoms with E-state index in [0.29, 0.717) is 0 Å². The zero-order valence-corrected chi connectivity index (χ0v) is 43.6. The first-order chi connectivity index (χ1) is 38.9. The minimum Gasteiger partial charge on any atom is -0.455 e. The van der Waals surface area contributed by atoms with E-state index in [1.165, 1.54) is 83.5 Å². The maximum Gasteiger partial charge on any atom is 0.143 e. The predicted octanol–water partition coefficient (Wildman–Crippen LogP) is 20.6. The van der Waals surface area contributed by atoms with Crippen LogP contribution in [0.1, 0.15) is 47.2 Å². The lowest BCUT2D eigenvalue weighted by molar-refractivity contribution is 0.660. The molecule has 0 aliphatic heterocycles. The topological polar surface area (TPSA) is 29.5 Å². The molecule has 3 nitrogen and oxygen atoms in total. The summed E-state index contributed by atoms with van der Waals surface area (Å²) in [5, 5.41) is 4.47. The number of benzene rings is 12. The Balaban J connectivity index is 0.820. The third-order valence-electron chi connectivity index (χ3n) is 17.9. The minimum absolute atomic E-state index is 0.145. The van der Waals surface area contributed by atoms with Gasteiger partial charge in [0, 0.05) is 55.0 Å². The molecule has 2 heterocycles. The molecule has 1 spiro atoms. The lowest BCUT2D eigenvalue weighted by Gasteiger charge is -2.30.